The van der Waals surface area contributed by atoms with Crippen LogP contribution in [0, 0.1) is 11.3 Å². The van der Waals surface area contributed by atoms with Crippen molar-refractivity contribution in [2.45, 2.75) is 6.92 Å². The Kier molecular flexibility index (Phi) is 5.62. The Morgan fingerprint density at radius 3 is 2.42 bits per heavy atom. The molecule has 0 atom stereocenters. The van der Waals surface area contributed by atoms with Crippen LogP contribution in [0.2, 0.25) is 0 Å². The maximum Gasteiger partial charge on any atom is 0.115 e. The molecule has 4 heteroatoms. The lowest BCUT2D eigenvalue weighted by atomic mass is 9.93. The second-order valence-electron chi connectivity index (χ2n) is 5.31. The highest BCUT2D eigenvalue weighted by atomic mass is 79.9. The highest BCUT2D eigenvalue weighted by Gasteiger charge is 2.12. The molecular formula is C20H17BrN2O. The van der Waals surface area contributed by atoms with Crippen LogP contribution < -0.4 is 5.73 Å². The van der Waals surface area contributed by atoms with Crippen LogP contribution in [0.3, 0.4) is 0 Å². The lowest BCUT2D eigenvalue weighted by Gasteiger charge is -2.11. The Balaban J connectivity index is 2.58. The molecule has 0 aliphatic rings. The van der Waals surface area contributed by atoms with Crippen molar-refractivity contribution in [2.24, 2.45) is 5.73 Å². The van der Waals surface area contributed by atoms with Crippen LogP contribution in [-0.2, 0) is 0 Å². The molecule has 3 nitrogen and oxygen atoms in total. The first kappa shape index (κ1) is 17.6. The number of nitrogens with two attached hydrogens (primary N) is 1. The Hall–Kier alpha value is -2.77. The van der Waals surface area contributed by atoms with E-state index < -0.39 is 0 Å². The molecule has 2 aromatic rings. The lowest BCUT2D eigenvalue weighted by molar-refractivity contribution is 0.475. The van der Waals surface area contributed by atoms with E-state index in [9.17, 15) is 10.4 Å². The third-order valence-electron chi connectivity index (χ3n) is 3.47. The van der Waals surface area contributed by atoms with Gasteiger partial charge in [0.05, 0.1) is 5.57 Å². The largest absolute Gasteiger partial charge is 0.508 e. The minimum absolute atomic E-state index is 0.193. The quantitative estimate of drug-likeness (QED) is 0.578. The average Bonchev–Trinajstić information content (AvgIpc) is 2.54. The molecule has 3 N–H and O–H groups in total. The maximum absolute atomic E-state index is 9.51. The van der Waals surface area contributed by atoms with E-state index in [1.54, 1.807) is 31.2 Å². The molecule has 0 unspecified atom stereocenters. The first-order valence-electron chi connectivity index (χ1n) is 7.25. The predicted octanol–water partition coefficient (Wildman–Crippen LogP) is 5.01. The molecule has 0 aliphatic carbocycles. The van der Waals surface area contributed by atoms with Crippen molar-refractivity contribution in [3.63, 3.8) is 0 Å². The Bertz CT molecular complexity index is 867. The van der Waals surface area contributed by atoms with Crippen LogP contribution in [0.15, 0.2) is 76.9 Å². The molecule has 0 aromatic heterocycles. The van der Waals surface area contributed by atoms with Crippen molar-refractivity contribution in [2.75, 3.05) is 0 Å². The zero-order valence-corrected chi connectivity index (χ0v) is 14.8. The SMILES string of the molecule is C=C(/C=C(\C(C#N)=C(\C)N)c1cccc(Br)c1)c1ccc(O)cc1. The van der Waals surface area contributed by atoms with Crippen LogP contribution in [0.25, 0.3) is 11.1 Å². The average molecular weight is 381 g/mol. The van der Waals surface area contributed by atoms with E-state index in [-0.39, 0.29) is 5.75 Å². The van der Waals surface area contributed by atoms with Crippen molar-refractivity contribution >= 4 is 27.1 Å². The Labute approximate surface area is 150 Å². The minimum Gasteiger partial charge on any atom is -0.508 e. The molecule has 0 aliphatic heterocycles. The molecule has 2 aromatic carbocycles. The molecule has 0 saturated carbocycles. The van der Waals surface area contributed by atoms with Gasteiger partial charge in [-0.05, 0) is 54.0 Å². The number of nitrogens with zero attached hydrogens (tertiary/aromatic N) is 1. The van der Waals surface area contributed by atoms with Gasteiger partial charge < -0.3 is 10.8 Å². The summed E-state index contributed by atoms with van der Waals surface area (Å²) < 4.78 is 0.910. The molecule has 2 rings (SSSR count). The van der Waals surface area contributed by atoms with Gasteiger partial charge in [-0.1, -0.05) is 46.8 Å². The third-order valence-corrected chi connectivity index (χ3v) is 3.96. The number of halogens is 1. The minimum atomic E-state index is 0.193. The summed E-state index contributed by atoms with van der Waals surface area (Å²) in [5.74, 6) is 0.193. The highest BCUT2D eigenvalue weighted by molar-refractivity contribution is 9.10. The van der Waals surface area contributed by atoms with Gasteiger partial charge >= 0.3 is 0 Å². The number of aromatic hydroxyl groups is 1. The lowest BCUT2D eigenvalue weighted by Crippen LogP contribution is -2.00. The number of phenolic OH excluding ortho intramolecular Hbond substituents is 1. The van der Waals surface area contributed by atoms with Crippen molar-refractivity contribution in [1.29, 1.82) is 5.26 Å². The fourth-order valence-corrected chi connectivity index (χ4v) is 2.65. The van der Waals surface area contributed by atoms with E-state index in [0.29, 0.717) is 16.8 Å². The van der Waals surface area contributed by atoms with Crippen molar-refractivity contribution < 1.29 is 5.11 Å². The molecule has 0 fully saturated rings. The predicted molar refractivity (Wildman–Crippen MR) is 102 cm³/mol. The number of rotatable bonds is 4. The first-order valence-corrected chi connectivity index (χ1v) is 8.04. The van der Waals surface area contributed by atoms with Crippen molar-refractivity contribution in [1.82, 2.24) is 0 Å². The molecule has 0 spiro atoms. The van der Waals surface area contributed by atoms with Crippen molar-refractivity contribution in [3.05, 3.63) is 88.1 Å². The Morgan fingerprint density at radius 1 is 1.21 bits per heavy atom. The number of benzene rings is 2. The molecule has 0 amide bonds. The summed E-state index contributed by atoms with van der Waals surface area (Å²) in [5.41, 5.74) is 9.90. The van der Waals surface area contributed by atoms with E-state index in [1.165, 1.54) is 0 Å². The molecule has 0 saturated heterocycles. The van der Waals surface area contributed by atoms with Gasteiger partial charge in [0.15, 0.2) is 0 Å². The van der Waals surface area contributed by atoms with E-state index >= 15 is 0 Å². The standard InChI is InChI=1S/C20H17BrN2O/c1-13(15-6-8-18(24)9-7-15)10-19(20(12-22)14(2)23)16-4-3-5-17(21)11-16/h3-11,24H,1,23H2,2H3/b19-10-,20-14-. The van der Waals surface area contributed by atoms with Crippen LogP contribution in [0.1, 0.15) is 18.1 Å². The topological polar surface area (TPSA) is 70.0 Å². The van der Waals surface area contributed by atoms with Gasteiger partial charge in [0.2, 0.25) is 0 Å². The highest BCUT2D eigenvalue weighted by Crippen LogP contribution is 2.30. The Morgan fingerprint density at radius 2 is 1.88 bits per heavy atom. The number of hydrogen-bond acceptors (Lipinski definition) is 3. The zero-order valence-electron chi connectivity index (χ0n) is 13.3. The molecule has 120 valence electrons. The molecule has 0 heterocycles. The molecular weight excluding hydrogens is 364 g/mol. The summed E-state index contributed by atoms with van der Waals surface area (Å²) >= 11 is 3.45. The number of allylic oxidation sites excluding steroid dienone is 5. The fourth-order valence-electron chi connectivity index (χ4n) is 2.25. The summed E-state index contributed by atoms with van der Waals surface area (Å²) in [5, 5.41) is 18.9. The number of phenols is 1. The van der Waals surface area contributed by atoms with E-state index in [4.69, 9.17) is 5.73 Å². The van der Waals surface area contributed by atoms with Crippen LogP contribution in [0.5, 0.6) is 5.75 Å². The molecule has 0 bridgehead atoms. The van der Waals surface area contributed by atoms with E-state index in [2.05, 4.69) is 28.6 Å². The van der Waals surface area contributed by atoms with Gasteiger partial charge in [-0.25, -0.2) is 0 Å². The number of hydrogen-bond donors (Lipinski definition) is 2. The van der Waals surface area contributed by atoms with Gasteiger partial charge in [0.25, 0.3) is 0 Å². The summed E-state index contributed by atoms with van der Waals surface area (Å²) in [4.78, 5) is 0. The van der Waals surface area contributed by atoms with E-state index in [1.807, 2.05) is 30.3 Å². The van der Waals surface area contributed by atoms with Gasteiger partial charge in [0.1, 0.15) is 11.8 Å². The smallest absolute Gasteiger partial charge is 0.115 e. The van der Waals surface area contributed by atoms with E-state index in [0.717, 1.165) is 21.2 Å². The summed E-state index contributed by atoms with van der Waals surface area (Å²) in [6, 6.07) is 16.6. The summed E-state index contributed by atoms with van der Waals surface area (Å²) in [6.07, 6.45) is 1.84. The molecule has 24 heavy (non-hydrogen) atoms. The van der Waals surface area contributed by atoms with Gasteiger partial charge in [-0.3, -0.25) is 0 Å². The van der Waals surface area contributed by atoms with Gasteiger partial charge in [0, 0.05) is 15.7 Å². The summed E-state index contributed by atoms with van der Waals surface area (Å²) in [7, 11) is 0. The zero-order chi connectivity index (χ0) is 17.7. The monoisotopic (exact) mass is 380 g/mol. The first-order chi connectivity index (χ1) is 11.4. The second kappa shape index (κ2) is 7.67. The maximum atomic E-state index is 9.51. The van der Waals surface area contributed by atoms with Crippen LogP contribution in [0.4, 0.5) is 0 Å². The summed E-state index contributed by atoms with van der Waals surface area (Å²) in [6.45, 7) is 5.78. The molecule has 0 radical (unpaired) electrons. The second-order valence-corrected chi connectivity index (χ2v) is 6.23. The van der Waals surface area contributed by atoms with Gasteiger partial charge in [-0.15, -0.1) is 0 Å². The number of nitriles is 1. The normalized spacial score (nSPS) is 12.3. The van der Waals surface area contributed by atoms with Crippen LogP contribution in [-0.4, -0.2) is 5.11 Å². The van der Waals surface area contributed by atoms with Crippen LogP contribution >= 0.6 is 15.9 Å². The fraction of sp³-hybridized carbons (Fsp3) is 0.0500. The third kappa shape index (κ3) is 4.15. The van der Waals surface area contributed by atoms with Crippen molar-refractivity contribution in [3.8, 4) is 11.8 Å². The van der Waals surface area contributed by atoms with Gasteiger partial charge in [-0.2, -0.15) is 5.26 Å².